The summed E-state index contributed by atoms with van der Waals surface area (Å²) < 4.78 is 4.65. The molecule has 0 fully saturated rings. The lowest BCUT2D eigenvalue weighted by Gasteiger charge is -2.12. The zero-order valence-corrected chi connectivity index (χ0v) is 10.2. The third-order valence-corrected chi connectivity index (χ3v) is 3.21. The van der Waals surface area contributed by atoms with Gasteiger partial charge in [0.15, 0.2) is 0 Å². The van der Waals surface area contributed by atoms with Gasteiger partial charge in [-0.1, -0.05) is 6.92 Å². The molecule has 1 heterocycles. The van der Waals surface area contributed by atoms with Crippen molar-refractivity contribution in [3.8, 4) is 0 Å². The van der Waals surface area contributed by atoms with Crippen LogP contribution in [0.1, 0.15) is 25.1 Å². The summed E-state index contributed by atoms with van der Waals surface area (Å²) >= 11 is 1.58. The maximum atomic E-state index is 11.1. The first-order valence-corrected chi connectivity index (χ1v) is 5.95. The fraction of sp³-hybridized carbons (Fsp3) is 0.545. The number of hydrogen-bond acceptors (Lipinski definition) is 4. The maximum Gasteiger partial charge on any atom is 0.310 e. The predicted molar refractivity (Wildman–Crippen MR) is 63.4 cm³/mol. The van der Waals surface area contributed by atoms with Crippen LogP contribution >= 0.6 is 11.3 Å². The molecular weight excluding hydrogens is 210 g/mol. The monoisotopic (exact) mass is 227 g/mol. The van der Waals surface area contributed by atoms with E-state index < -0.39 is 0 Å². The van der Waals surface area contributed by atoms with Crippen LogP contribution in [0.25, 0.3) is 0 Å². The highest BCUT2D eigenvalue weighted by atomic mass is 32.1. The van der Waals surface area contributed by atoms with E-state index in [2.05, 4.69) is 23.9 Å². The molecule has 1 aromatic heterocycles. The topological polar surface area (TPSA) is 38.3 Å². The second-order valence-electron chi connectivity index (χ2n) is 3.46. The Kier molecular flexibility index (Phi) is 4.62. The molecule has 4 heteroatoms. The average molecular weight is 227 g/mol. The standard InChI is InChI=1S/C11H17NO2S/c1-4-8(2)12-9-5-6-15-10(9)7-11(13)14-3/h5-6,8,12H,4,7H2,1-3H3. The molecule has 0 bridgehead atoms. The average Bonchev–Trinajstić information content (AvgIpc) is 2.65. The summed E-state index contributed by atoms with van der Waals surface area (Å²) in [6.45, 7) is 4.25. The molecule has 3 nitrogen and oxygen atoms in total. The minimum absolute atomic E-state index is 0.190. The Hall–Kier alpha value is -1.03. The summed E-state index contributed by atoms with van der Waals surface area (Å²) in [7, 11) is 1.41. The highest BCUT2D eigenvalue weighted by Crippen LogP contribution is 2.24. The van der Waals surface area contributed by atoms with Crippen molar-refractivity contribution in [2.24, 2.45) is 0 Å². The van der Waals surface area contributed by atoms with E-state index in [9.17, 15) is 4.79 Å². The van der Waals surface area contributed by atoms with Crippen molar-refractivity contribution in [2.45, 2.75) is 32.7 Å². The fourth-order valence-corrected chi connectivity index (χ4v) is 2.00. The molecule has 0 aliphatic carbocycles. The zero-order valence-electron chi connectivity index (χ0n) is 9.37. The van der Waals surface area contributed by atoms with Gasteiger partial charge in [0.25, 0.3) is 0 Å². The minimum Gasteiger partial charge on any atom is -0.469 e. The van der Waals surface area contributed by atoms with Crippen LogP contribution in [0.4, 0.5) is 5.69 Å². The number of thiophene rings is 1. The SMILES string of the molecule is CCC(C)Nc1ccsc1CC(=O)OC. The molecule has 0 aliphatic heterocycles. The number of carbonyl (C=O) groups excluding carboxylic acids is 1. The van der Waals surface area contributed by atoms with Gasteiger partial charge in [0.1, 0.15) is 0 Å². The molecule has 1 atom stereocenters. The van der Waals surface area contributed by atoms with Gasteiger partial charge in [0.05, 0.1) is 13.5 Å². The van der Waals surface area contributed by atoms with Crippen molar-refractivity contribution in [1.29, 1.82) is 0 Å². The van der Waals surface area contributed by atoms with E-state index in [1.54, 1.807) is 11.3 Å². The lowest BCUT2D eigenvalue weighted by atomic mass is 10.2. The van der Waals surface area contributed by atoms with E-state index in [1.165, 1.54) is 7.11 Å². The number of hydrogen-bond donors (Lipinski definition) is 1. The largest absolute Gasteiger partial charge is 0.469 e. The van der Waals surface area contributed by atoms with Gasteiger partial charge < -0.3 is 10.1 Å². The Morgan fingerprint density at radius 3 is 3.00 bits per heavy atom. The van der Waals surface area contributed by atoms with Gasteiger partial charge in [-0.05, 0) is 24.8 Å². The van der Waals surface area contributed by atoms with Gasteiger partial charge in [-0.3, -0.25) is 4.79 Å². The number of anilines is 1. The lowest BCUT2D eigenvalue weighted by Crippen LogP contribution is -2.14. The summed E-state index contributed by atoms with van der Waals surface area (Å²) in [5.41, 5.74) is 1.06. The Bertz CT molecular complexity index is 322. The molecule has 1 aromatic rings. The van der Waals surface area contributed by atoms with Crippen molar-refractivity contribution in [2.75, 3.05) is 12.4 Å². The van der Waals surface area contributed by atoms with E-state index in [0.29, 0.717) is 12.5 Å². The highest BCUT2D eigenvalue weighted by Gasteiger charge is 2.10. The van der Waals surface area contributed by atoms with Crippen LogP contribution in [0.3, 0.4) is 0 Å². The molecule has 15 heavy (non-hydrogen) atoms. The van der Waals surface area contributed by atoms with Crippen LogP contribution < -0.4 is 5.32 Å². The van der Waals surface area contributed by atoms with Crippen molar-refractivity contribution >= 4 is 23.0 Å². The van der Waals surface area contributed by atoms with Crippen LogP contribution in [0.2, 0.25) is 0 Å². The number of nitrogens with one attached hydrogen (secondary N) is 1. The van der Waals surface area contributed by atoms with Gasteiger partial charge in [-0.15, -0.1) is 11.3 Å². The molecule has 0 amide bonds. The van der Waals surface area contributed by atoms with Crippen molar-refractivity contribution < 1.29 is 9.53 Å². The number of ether oxygens (including phenoxy) is 1. The van der Waals surface area contributed by atoms with Gasteiger partial charge in [0.2, 0.25) is 0 Å². The Morgan fingerprint density at radius 1 is 1.67 bits per heavy atom. The van der Waals surface area contributed by atoms with E-state index >= 15 is 0 Å². The predicted octanol–water partition coefficient (Wildman–Crippen LogP) is 2.67. The van der Waals surface area contributed by atoms with Gasteiger partial charge in [-0.25, -0.2) is 0 Å². The maximum absolute atomic E-state index is 11.1. The number of rotatable bonds is 5. The van der Waals surface area contributed by atoms with Crippen molar-refractivity contribution in [1.82, 2.24) is 0 Å². The fourth-order valence-electron chi connectivity index (χ4n) is 1.18. The zero-order chi connectivity index (χ0) is 11.3. The van der Waals surface area contributed by atoms with E-state index in [4.69, 9.17) is 0 Å². The molecule has 0 aromatic carbocycles. The summed E-state index contributed by atoms with van der Waals surface area (Å²) in [4.78, 5) is 12.2. The lowest BCUT2D eigenvalue weighted by molar-refractivity contribution is -0.139. The van der Waals surface area contributed by atoms with Crippen LogP contribution in [0, 0.1) is 0 Å². The van der Waals surface area contributed by atoms with E-state index in [-0.39, 0.29) is 5.97 Å². The molecule has 0 saturated heterocycles. The van der Waals surface area contributed by atoms with Crippen molar-refractivity contribution in [3.05, 3.63) is 16.3 Å². The van der Waals surface area contributed by atoms with Gasteiger partial charge in [-0.2, -0.15) is 0 Å². The number of methoxy groups -OCH3 is 1. The molecule has 1 N–H and O–H groups in total. The molecule has 1 rings (SSSR count). The molecule has 0 aliphatic rings. The molecule has 1 unspecified atom stereocenters. The molecule has 84 valence electrons. The minimum atomic E-state index is -0.190. The number of carbonyl (C=O) groups is 1. The summed E-state index contributed by atoms with van der Waals surface area (Å²) in [5, 5.41) is 5.36. The normalized spacial score (nSPS) is 12.2. The molecule has 0 radical (unpaired) electrons. The summed E-state index contributed by atoms with van der Waals surface area (Å²) in [6, 6.07) is 2.44. The summed E-state index contributed by atoms with van der Waals surface area (Å²) in [6.07, 6.45) is 1.42. The Balaban J connectivity index is 2.64. The summed E-state index contributed by atoms with van der Waals surface area (Å²) in [5.74, 6) is -0.190. The molecule has 0 saturated carbocycles. The Morgan fingerprint density at radius 2 is 2.40 bits per heavy atom. The van der Waals surface area contributed by atoms with Crippen LogP contribution in [0.15, 0.2) is 11.4 Å². The van der Waals surface area contributed by atoms with Crippen LogP contribution in [-0.2, 0) is 16.0 Å². The van der Waals surface area contributed by atoms with E-state index in [1.807, 2.05) is 11.4 Å². The quantitative estimate of drug-likeness (QED) is 0.786. The molecule has 0 spiro atoms. The van der Waals surface area contributed by atoms with Gasteiger partial charge >= 0.3 is 5.97 Å². The molecular formula is C11H17NO2S. The third-order valence-electron chi connectivity index (χ3n) is 2.29. The van der Waals surface area contributed by atoms with Crippen LogP contribution in [-0.4, -0.2) is 19.1 Å². The number of esters is 1. The first kappa shape index (κ1) is 12.0. The van der Waals surface area contributed by atoms with Crippen LogP contribution in [0.5, 0.6) is 0 Å². The first-order chi connectivity index (χ1) is 7.17. The van der Waals surface area contributed by atoms with E-state index in [0.717, 1.165) is 17.0 Å². The first-order valence-electron chi connectivity index (χ1n) is 5.07. The van der Waals surface area contributed by atoms with Crippen molar-refractivity contribution in [3.63, 3.8) is 0 Å². The smallest absolute Gasteiger partial charge is 0.310 e. The Labute approximate surface area is 94.5 Å². The third kappa shape index (κ3) is 3.55. The highest BCUT2D eigenvalue weighted by molar-refractivity contribution is 7.10. The second-order valence-corrected chi connectivity index (χ2v) is 4.46. The van der Waals surface area contributed by atoms with Gasteiger partial charge in [0, 0.05) is 16.6 Å². The second kappa shape index (κ2) is 5.75.